The number of benzene rings is 1. The van der Waals surface area contributed by atoms with Gasteiger partial charge in [-0.2, -0.15) is 18.3 Å². The molecule has 4 aliphatic rings. The number of fused-ring (bicyclic) bond motifs is 5. The van der Waals surface area contributed by atoms with E-state index in [9.17, 15) is 22.8 Å². The summed E-state index contributed by atoms with van der Waals surface area (Å²) < 4.78 is 33.6. The lowest BCUT2D eigenvalue weighted by molar-refractivity contribution is -0.192. The number of aliphatic carboxylic acids is 1. The Bertz CT molecular complexity index is 1680. The van der Waals surface area contributed by atoms with Gasteiger partial charge in [-0.05, 0) is 87.0 Å². The van der Waals surface area contributed by atoms with Crippen molar-refractivity contribution < 1.29 is 32.7 Å². The summed E-state index contributed by atoms with van der Waals surface area (Å²) in [6, 6.07) is 10.3. The van der Waals surface area contributed by atoms with Crippen molar-refractivity contribution in [3.05, 3.63) is 70.2 Å². The average Bonchev–Trinajstić information content (AvgIpc) is 3.81. The Hall–Kier alpha value is -4.52. The van der Waals surface area contributed by atoms with Gasteiger partial charge in [-0.3, -0.25) is 19.3 Å². The zero-order chi connectivity index (χ0) is 32.4. The molecule has 0 unspecified atom stereocenters. The minimum atomic E-state index is -5.08. The first-order valence-corrected chi connectivity index (χ1v) is 15.6. The van der Waals surface area contributed by atoms with E-state index >= 15 is 0 Å². The molecule has 0 bridgehead atoms. The zero-order valence-corrected chi connectivity index (χ0v) is 25.2. The maximum Gasteiger partial charge on any atom is 0.490 e. The summed E-state index contributed by atoms with van der Waals surface area (Å²) in [5.41, 5.74) is 7.43. The lowest BCUT2D eigenvalue weighted by Gasteiger charge is -2.28. The monoisotopic (exact) mass is 636 g/mol. The molecule has 0 spiro atoms. The number of aromatic nitrogens is 3. The fourth-order valence-electron chi connectivity index (χ4n) is 6.68. The first kappa shape index (κ1) is 31.5. The van der Waals surface area contributed by atoms with Gasteiger partial charge in [-0.1, -0.05) is 18.2 Å². The van der Waals surface area contributed by atoms with Gasteiger partial charge in [0.15, 0.2) is 0 Å². The molecule has 10 nitrogen and oxygen atoms in total. The molecule has 242 valence electrons. The average molecular weight is 637 g/mol. The Labute approximate surface area is 263 Å². The molecule has 0 saturated carbocycles. The minimum absolute atomic E-state index is 0.0293. The molecule has 1 aromatic carbocycles. The van der Waals surface area contributed by atoms with E-state index in [1.807, 2.05) is 47.3 Å². The number of carboxylic acids is 1. The van der Waals surface area contributed by atoms with E-state index < -0.39 is 12.1 Å². The molecule has 2 N–H and O–H groups in total. The molecule has 2 aromatic heterocycles. The van der Waals surface area contributed by atoms with Crippen molar-refractivity contribution in [2.45, 2.75) is 57.3 Å². The van der Waals surface area contributed by atoms with Crippen molar-refractivity contribution in [3.63, 3.8) is 0 Å². The second kappa shape index (κ2) is 13.1. The van der Waals surface area contributed by atoms with Crippen molar-refractivity contribution >= 4 is 29.9 Å². The Balaban J connectivity index is 0.000000480. The van der Waals surface area contributed by atoms with Crippen molar-refractivity contribution in [2.24, 2.45) is 0 Å². The molecular weight excluding hydrogens is 601 g/mol. The number of nitrogens with one attached hydrogen (secondary N) is 1. The topological polar surface area (TPSA) is 121 Å². The molecule has 13 heteroatoms. The van der Waals surface area contributed by atoms with E-state index in [0.29, 0.717) is 24.8 Å². The summed E-state index contributed by atoms with van der Waals surface area (Å²) in [7, 11) is 0. The number of pyridine rings is 1. The number of aryl methyl sites for hydroxylation is 1. The molecule has 46 heavy (non-hydrogen) atoms. The second-order valence-electron chi connectivity index (χ2n) is 12.0. The molecule has 7 rings (SSSR count). The van der Waals surface area contributed by atoms with Crippen LogP contribution in [0.2, 0.25) is 0 Å². The molecule has 2 fully saturated rings. The molecule has 1 aliphatic carbocycles. The number of halogens is 3. The Morgan fingerprint density at radius 2 is 1.83 bits per heavy atom. The highest BCUT2D eigenvalue weighted by atomic mass is 19.4. The summed E-state index contributed by atoms with van der Waals surface area (Å²) >= 11 is 0. The fraction of sp³-hybridized carbons (Fsp3) is 0.424. The van der Waals surface area contributed by atoms with Crippen molar-refractivity contribution in [2.75, 3.05) is 32.7 Å². The van der Waals surface area contributed by atoms with Crippen molar-refractivity contribution in [1.29, 1.82) is 0 Å². The van der Waals surface area contributed by atoms with Crippen LogP contribution in [0.4, 0.5) is 13.2 Å². The summed E-state index contributed by atoms with van der Waals surface area (Å²) in [6.07, 6.45) is 7.25. The maximum absolute atomic E-state index is 13.5. The third-order valence-electron chi connectivity index (χ3n) is 8.91. The number of nitrogens with zero attached hydrogens (tertiary/aromatic N) is 5. The van der Waals surface area contributed by atoms with Gasteiger partial charge in [0.05, 0.1) is 17.9 Å². The quantitative estimate of drug-likeness (QED) is 0.429. The third-order valence-corrected chi connectivity index (χ3v) is 8.91. The highest BCUT2D eigenvalue weighted by Crippen LogP contribution is 2.35. The summed E-state index contributed by atoms with van der Waals surface area (Å²) in [5, 5.41) is 14.9. The predicted octanol–water partition coefficient (Wildman–Crippen LogP) is 4.29. The molecule has 0 radical (unpaired) electrons. The van der Waals surface area contributed by atoms with Gasteiger partial charge in [-0.25, -0.2) is 4.79 Å². The summed E-state index contributed by atoms with van der Waals surface area (Å²) in [5.74, 6) is -2.65. The highest BCUT2D eigenvalue weighted by Gasteiger charge is 2.38. The van der Waals surface area contributed by atoms with E-state index in [0.717, 1.165) is 91.1 Å². The van der Waals surface area contributed by atoms with Crippen LogP contribution in [0.15, 0.2) is 36.5 Å². The number of likely N-dealkylation sites (tertiary alicyclic amines) is 2. The Morgan fingerprint density at radius 3 is 2.59 bits per heavy atom. The van der Waals surface area contributed by atoms with E-state index in [2.05, 4.69) is 26.2 Å². The Morgan fingerprint density at radius 1 is 1.04 bits per heavy atom. The lowest BCUT2D eigenvalue weighted by Crippen LogP contribution is -2.42. The van der Waals surface area contributed by atoms with Crippen LogP contribution in [0, 0.1) is 0 Å². The number of carbonyl (C=O) groups is 3. The molecular formula is C33H35F3N6O4. The Kier molecular flexibility index (Phi) is 8.94. The van der Waals surface area contributed by atoms with E-state index in [-0.39, 0.29) is 11.8 Å². The zero-order valence-electron chi connectivity index (χ0n) is 25.2. The number of rotatable bonds is 5. The van der Waals surface area contributed by atoms with Crippen LogP contribution in [0.3, 0.4) is 0 Å². The summed E-state index contributed by atoms with van der Waals surface area (Å²) in [4.78, 5) is 44.1. The van der Waals surface area contributed by atoms with Gasteiger partial charge < -0.3 is 20.2 Å². The van der Waals surface area contributed by atoms with Crippen LogP contribution in [-0.2, 0) is 24.2 Å². The van der Waals surface area contributed by atoms with Gasteiger partial charge in [0.2, 0.25) is 0 Å². The fourth-order valence-corrected chi connectivity index (χ4v) is 6.68. The van der Waals surface area contributed by atoms with Gasteiger partial charge >= 0.3 is 12.1 Å². The highest BCUT2D eigenvalue weighted by molar-refractivity contribution is 5.97. The third kappa shape index (κ3) is 6.69. The number of hydrogen-bond donors (Lipinski definition) is 2. The van der Waals surface area contributed by atoms with E-state index in [4.69, 9.17) is 15.0 Å². The largest absolute Gasteiger partial charge is 0.490 e. The molecule has 3 aromatic rings. The molecule has 2 amide bonds. The van der Waals surface area contributed by atoms with Crippen LogP contribution in [0.25, 0.3) is 23.4 Å². The van der Waals surface area contributed by atoms with Crippen LogP contribution < -0.4 is 5.32 Å². The van der Waals surface area contributed by atoms with Gasteiger partial charge in [0.25, 0.3) is 11.8 Å². The van der Waals surface area contributed by atoms with Crippen molar-refractivity contribution in [3.8, 4) is 11.3 Å². The van der Waals surface area contributed by atoms with Crippen LogP contribution >= 0.6 is 0 Å². The maximum atomic E-state index is 13.5. The first-order chi connectivity index (χ1) is 22.1. The number of hydrogen-bond acceptors (Lipinski definition) is 6. The number of amides is 2. The van der Waals surface area contributed by atoms with Gasteiger partial charge in [0.1, 0.15) is 5.69 Å². The van der Waals surface area contributed by atoms with Crippen LogP contribution in [-0.4, -0.2) is 92.4 Å². The van der Waals surface area contributed by atoms with Gasteiger partial charge in [-0.15, -0.1) is 0 Å². The summed E-state index contributed by atoms with van der Waals surface area (Å²) in [6.45, 7) is 5.48. The van der Waals surface area contributed by atoms with Crippen LogP contribution in [0.5, 0.6) is 0 Å². The minimum Gasteiger partial charge on any atom is -0.475 e. The smallest absolute Gasteiger partial charge is 0.475 e. The SMILES string of the molecule is O=C(O)C(F)(F)F.O=C1NCCn2nc3c(c21)CCc1cnc(C=Cc2cccc(C(=O)N4CCC[C@@H]4CN4CCCC4)c2)cc1-3. The van der Waals surface area contributed by atoms with E-state index in [1.54, 1.807) is 0 Å². The second-order valence-corrected chi connectivity index (χ2v) is 12.0. The predicted molar refractivity (Wildman–Crippen MR) is 164 cm³/mol. The normalized spacial score (nSPS) is 19.2. The van der Waals surface area contributed by atoms with Crippen LogP contribution in [0.1, 0.15) is 68.9 Å². The molecule has 2 saturated heterocycles. The number of carboxylic acid groups (broad SMARTS) is 1. The number of alkyl halides is 3. The lowest BCUT2D eigenvalue weighted by atomic mass is 9.89. The van der Waals surface area contributed by atoms with E-state index in [1.165, 1.54) is 12.8 Å². The van der Waals surface area contributed by atoms with Gasteiger partial charge in [0, 0.05) is 48.6 Å². The number of carbonyl (C=O) groups excluding carboxylic acids is 2. The molecule has 5 heterocycles. The molecule has 3 aliphatic heterocycles. The molecule has 1 atom stereocenters. The first-order valence-electron chi connectivity index (χ1n) is 15.6. The van der Waals surface area contributed by atoms with Crippen molar-refractivity contribution in [1.82, 2.24) is 29.9 Å². The standard InChI is InChI=1S/C31H34N6O2.C2HF3O2/c38-30-29-26-11-9-23-19-33-24(18-27(23)28(26)34-37(29)16-12-32-30)10-8-21-5-3-6-22(17-21)31(39)36-15-4-7-25(36)20-35-13-1-2-14-35;3-2(4,5)1(6)7/h3,5-6,8,10,17-19,25H,1-2,4,7,9,11-16,20H2,(H,32,38);(H,6,7)/t25-;/m1./s1.